The lowest BCUT2D eigenvalue weighted by molar-refractivity contribution is -0.116. The van der Waals surface area contributed by atoms with E-state index in [0.29, 0.717) is 19.6 Å². The summed E-state index contributed by atoms with van der Waals surface area (Å²) >= 11 is 0. The van der Waals surface area contributed by atoms with E-state index in [0.717, 1.165) is 28.9 Å². The summed E-state index contributed by atoms with van der Waals surface area (Å²) in [4.78, 5) is 38.8. The van der Waals surface area contributed by atoms with Crippen LogP contribution in [0, 0.1) is 19.8 Å². The number of carbonyl (C=O) groups is 2. The smallest absolute Gasteiger partial charge is 0.317 e. The minimum Gasteiger partial charge on any atom is -0.337 e. The molecule has 2 aliphatic rings. The number of carbonyl (C=O) groups excluding carboxylic acids is 2. The number of aromatic nitrogens is 1. The second kappa shape index (κ2) is 8.34. The molecule has 0 radical (unpaired) electrons. The molecule has 2 N–H and O–H groups in total. The van der Waals surface area contributed by atoms with Crippen molar-refractivity contribution in [2.24, 2.45) is 5.92 Å². The summed E-state index contributed by atoms with van der Waals surface area (Å²) in [6.45, 7) is 6.16. The van der Waals surface area contributed by atoms with E-state index in [-0.39, 0.29) is 42.3 Å². The number of urea groups is 1. The molecule has 3 amide bonds. The molecule has 2 bridgehead atoms. The Bertz CT molecular complexity index is 1030. The van der Waals surface area contributed by atoms with Crippen molar-refractivity contribution in [2.75, 3.05) is 25.0 Å². The van der Waals surface area contributed by atoms with Crippen LogP contribution in [0.1, 0.15) is 35.6 Å². The number of hydrogen-bond donors (Lipinski definition) is 2. The molecule has 158 valence electrons. The van der Waals surface area contributed by atoms with Crippen molar-refractivity contribution in [3.8, 4) is 0 Å². The number of anilines is 1. The van der Waals surface area contributed by atoms with Gasteiger partial charge in [0.15, 0.2) is 0 Å². The van der Waals surface area contributed by atoms with E-state index in [1.54, 1.807) is 12.1 Å². The van der Waals surface area contributed by atoms with Gasteiger partial charge >= 0.3 is 6.03 Å². The van der Waals surface area contributed by atoms with Crippen LogP contribution >= 0.6 is 0 Å². The summed E-state index contributed by atoms with van der Waals surface area (Å²) in [5, 5.41) is 5.78. The Morgan fingerprint density at radius 1 is 1.10 bits per heavy atom. The predicted molar refractivity (Wildman–Crippen MR) is 116 cm³/mol. The summed E-state index contributed by atoms with van der Waals surface area (Å²) in [5.74, 6) is 0.353. The van der Waals surface area contributed by atoms with Crippen LogP contribution < -0.4 is 16.2 Å². The summed E-state index contributed by atoms with van der Waals surface area (Å²) in [6.07, 6.45) is 1.23. The van der Waals surface area contributed by atoms with Gasteiger partial charge in [-0.05, 0) is 43.9 Å². The number of amides is 3. The number of likely N-dealkylation sites (tertiary alicyclic amines) is 1. The molecule has 0 saturated carbocycles. The fourth-order valence-corrected chi connectivity index (χ4v) is 4.62. The number of piperidine rings is 1. The highest BCUT2D eigenvalue weighted by atomic mass is 16.2. The van der Waals surface area contributed by atoms with Gasteiger partial charge in [0.1, 0.15) is 0 Å². The van der Waals surface area contributed by atoms with Crippen molar-refractivity contribution in [3.05, 3.63) is 63.6 Å². The molecule has 2 aromatic rings. The zero-order chi connectivity index (χ0) is 21.3. The van der Waals surface area contributed by atoms with Gasteiger partial charge in [0, 0.05) is 56.0 Å². The maximum absolute atomic E-state index is 12.7. The number of aryl methyl sites for hydroxylation is 2. The van der Waals surface area contributed by atoms with Crippen LogP contribution in [0.15, 0.2) is 41.2 Å². The molecule has 4 rings (SSSR count). The highest BCUT2D eigenvalue weighted by Gasteiger charge is 2.36. The van der Waals surface area contributed by atoms with Crippen LogP contribution in [0.25, 0.3) is 0 Å². The zero-order valence-electron chi connectivity index (χ0n) is 17.5. The minimum absolute atomic E-state index is 0.0370. The topological polar surface area (TPSA) is 83.4 Å². The highest BCUT2D eigenvalue weighted by molar-refractivity contribution is 5.91. The van der Waals surface area contributed by atoms with Gasteiger partial charge in [-0.25, -0.2) is 4.79 Å². The van der Waals surface area contributed by atoms with E-state index in [1.807, 2.05) is 47.6 Å². The Morgan fingerprint density at radius 2 is 1.93 bits per heavy atom. The third-order valence-electron chi connectivity index (χ3n) is 6.05. The van der Waals surface area contributed by atoms with Crippen LogP contribution in [-0.2, 0) is 11.3 Å². The van der Waals surface area contributed by atoms with Gasteiger partial charge in [-0.15, -0.1) is 0 Å². The molecule has 30 heavy (non-hydrogen) atoms. The Morgan fingerprint density at radius 3 is 2.73 bits per heavy atom. The lowest BCUT2D eigenvalue weighted by Gasteiger charge is -2.42. The van der Waals surface area contributed by atoms with Gasteiger partial charge in [0.05, 0.1) is 0 Å². The van der Waals surface area contributed by atoms with Crippen LogP contribution in [0.3, 0.4) is 0 Å². The number of nitrogens with one attached hydrogen (secondary N) is 2. The first-order chi connectivity index (χ1) is 14.4. The number of benzene rings is 1. The van der Waals surface area contributed by atoms with Crippen LogP contribution in [0.5, 0.6) is 0 Å². The van der Waals surface area contributed by atoms with Gasteiger partial charge in [0.2, 0.25) is 5.91 Å². The Labute approximate surface area is 176 Å². The van der Waals surface area contributed by atoms with Crippen molar-refractivity contribution in [1.82, 2.24) is 14.8 Å². The zero-order valence-corrected chi connectivity index (χ0v) is 17.5. The third-order valence-corrected chi connectivity index (χ3v) is 6.05. The summed E-state index contributed by atoms with van der Waals surface area (Å²) < 4.78 is 1.85. The lowest BCUT2D eigenvalue weighted by atomic mass is 9.83. The van der Waals surface area contributed by atoms with Crippen LogP contribution in [0.2, 0.25) is 0 Å². The average Bonchev–Trinajstić information content (AvgIpc) is 2.71. The first-order valence-corrected chi connectivity index (χ1v) is 10.5. The molecule has 7 heteroatoms. The molecule has 0 unspecified atom stereocenters. The molecule has 1 aromatic heterocycles. The number of hydrogen-bond acceptors (Lipinski definition) is 3. The van der Waals surface area contributed by atoms with E-state index in [2.05, 4.69) is 10.6 Å². The third kappa shape index (κ3) is 4.25. The minimum atomic E-state index is -0.143. The monoisotopic (exact) mass is 408 g/mol. The second-order valence-electron chi connectivity index (χ2n) is 8.45. The van der Waals surface area contributed by atoms with Crippen LogP contribution in [-0.4, -0.2) is 41.0 Å². The van der Waals surface area contributed by atoms with E-state index in [4.69, 9.17) is 0 Å². The summed E-state index contributed by atoms with van der Waals surface area (Å²) in [6, 6.07) is 11.1. The fraction of sp³-hybridized carbons (Fsp3) is 0.435. The molecule has 7 nitrogen and oxygen atoms in total. The fourth-order valence-electron chi connectivity index (χ4n) is 4.62. The van der Waals surface area contributed by atoms with Crippen molar-refractivity contribution < 1.29 is 9.59 Å². The van der Waals surface area contributed by atoms with Gasteiger partial charge in [-0.3, -0.25) is 9.59 Å². The van der Waals surface area contributed by atoms with Crippen molar-refractivity contribution >= 4 is 17.6 Å². The Kier molecular flexibility index (Phi) is 5.61. The first kappa shape index (κ1) is 20.2. The summed E-state index contributed by atoms with van der Waals surface area (Å²) in [7, 11) is 0. The average molecular weight is 409 g/mol. The van der Waals surface area contributed by atoms with E-state index in [9.17, 15) is 14.4 Å². The molecule has 2 aliphatic heterocycles. The van der Waals surface area contributed by atoms with Crippen LogP contribution in [0.4, 0.5) is 10.5 Å². The van der Waals surface area contributed by atoms with E-state index in [1.165, 1.54) is 0 Å². The van der Waals surface area contributed by atoms with Crippen molar-refractivity contribution in [3.63, 3.8) is 0 Å². The number of fused-ring (bicyclic) bond motifs is 4. The Balaban J connectivity index is 1.29. The predicted octanol–water partition coefficient (Wildman–Crippen LogP) is 2.62. The molecule has 3 heterocycles. The maximum atomic E-state index is 12.7. The van der Waals surface area contributed by atoms with Gasteiger partial charge in [-0.2, -0.15) is 0 Å². The molecular weight excluding hydrogens is 380 g/mol. The molecule has 1 fully saturated rings. The second-order valence-corrected chi connectivity index (χ2v) is 8.45. The van der Waals surface area contributed by atoms with E-state index >= 15 is 0 Å². The van der Waals surface area contributed by atoms with Gasteiger partial charge in [-0.1, -0.05) is 23.8 Å². The standard InChI is InChI=1S/C23H28N4O3/c1-15-6-7-19(16(2)10-15)25-21(28)8-9-24-23(30)26-12-17-11-18(14-26)20-4-3-5-22(29)27(20)13-17/h3-7,10,17-18H,8-9,11-14H2,1-2H3,(H,24,30)(H,25,28)/t17-,18-/m0/s1. The van der Waals surface area contributed by atoms with E-state index < -0.39 is 0 Å². The maximum Gasteiger partial charge on any atom is 0.317 e. The number of nitrogens with zero attached hydrogens (tertiary/aromatic N) is 2. The number of pyridine rings is 1. The van der Waals surface area contributed by atoms with Gasteiger partial charge < -0.3 is 20.1 Å². The molecule has 1 saturated heterocycles. The SMILES string of the molecule is Cc1ccc(NC(=O)CCNC(=O)N2C[C@@H]3C[C@@H](C2)c2cccc(=O)n2C3)c(C)c1. The first-order valence-electron chi connectivity index (χ1n) is 10.5. The molecule has 0 aliphatic carbocycles. The molecule has 1 aromatic carbocycles. The molecule has 2 atom stereocenters. The quantitative estimate of drug-likeness (QED) is 0.816. The summed E-state index contributed by atoms with van der Waals surface area (Å²) in [5.41, 5.74) is 4.02. The largest absolute Gasteiger partial charge is 0.337 e. The van der Waals surface area contributed by atoms with Crippen molar-refractivity contribution in [1.29, 1.82) is 0 Å². The molecule has 0 spiro atoms. The van der Waals surface area contributed by atoms with Crippen molar-refractivity contribution in [2.45, 2.75) is 39.2 Å². The molecular formula is C23H28N4O3. The normalized spacial score (nSPS) is 19.7. The highest BCUT2D eigenvalue weighted by Crippen LogP contribution is 2.34. The number of rotatable bonds is 4. The van der Waals surface area contributed by atoms with Gasteiger partial charge in [0.25, 0.3) is 5.56 Å². The lowest BCUT2D eigenvalue weighted by Crippen LogP contribution is -2.52. The Hall–Kier alpha value is -3.09.